The van der Waals surface area contributed by atoms with E-state index in [9.17, 15) is 0 Å². The highest BCUT2D eigenvalue weighted by molar-refractivity contribution is 6.18. The Labute approximate surface area is 271 Å². The van der Waals surface area contributed by atoms with Crippen molar-refractivity contribution in [3.8, 4) is 56.2 Å². The van der Waals surface area contributed by atoms with Crippen molar-refractivity contribution in [2.75, 3.05) is 0 Å². The first-order chi connectivity index (χ1) is 23.3. The Morgan fingerprint density at radius 1 is 0.383 bits per heavy atom. The zero-order valence-electron chi connectivity index (χ0n) is 25.3. The van der Waals surface area contributed by atoms with Crippen LogP contribution in [-0.2, 0) is 0 Å². The summed E-state index contributed by atoms with van der Waals surface area (Å²) in [5, 5.41) is 3.12. The molecule has 3 heterocycles. The summed E-state index contributed by atoms with van der Waals surface area (Å²) in [5.74, 6) is 0.667. The van der Waals surface area contributed by atoms with Gasteiger partial charge in [0.15, 0.2) is 5.82 Å². The van der Waals surface area contributed by atoms with E-state index in [1.807, 2.05) is 54.6 Å². The Morgan fingerprint density at radius 2 is 0.957 bits per heavy atom. The fourth-order valence-electron chi connectivity index (χ4n) is 6.46. The van der Waals surface area contributed by atoms with Gasteiger partial charge < -0.3 is 4.42 Å². The first-order valence-electron chi connectivity index (χ1n) is 15.7. The lowest BCUT2D eigenvalue weighted by Gasteiger charge is -2.12. The minimum absolute atomic E-state index is 0.633. The third-order valence-corrected chi connectivity index (χ3v) is 8.69. The van der Waals surface area contributed by atoms with Gasteiger partial charge in [0, 0.05) is 33.0 Å². The first-order valence-corrected chi connectivity index (χ1v) is 15.7. The molecule has 6 aromatic carbocycles. The standard InChI is InChI=1S/C43H27N3O/c1-3-13-28(14-4-1)30-17-11-18-31(25-30)38-27-37(29-15-5-2-6-16-29)44-42(45-38)33-20-12-19-32(26-33)40-34-21-7-9-23-36(34)46-43-41(40)35-22-8-10-24-39(35)47-43/h1-27H. The van der Waals surface area contributed by atoms with Crippen molar-refractivity contribution in [1.82, 2.24) is 15.0 Å². The summed E-state index contributed by atoms with van der Waals surface area (Å²) < 4.78 is 6.27. The Kier molecular flexibility index (Phi) is 6.43. The second-order valence-corrected chi connectivity index (χ2v) is 11.6. The average Bonchev–Trinajstić information content (AvgIpc) is 3.52. The number of aromatic nitrogens is 3. The maximum atomic E-state index is 6.27. The highest BCUT2D eigenvalue weighted by Crippen LogP contribution is 2.41. The molecule has 0 atom stereocenters. The van der Waals surface area contributed by atoms with Crippen molar-refractivity contribution < 1.29 is 4.42 Å². The van der Waals surface area contributed by atoms with Gasteiger partial charge >= 0.3 is 0 Å². The fraction of sp³-hybridized carbons (Fsp3) is 0. The minimum Gasteiger partial charge on any atom is -0.438 e. The first kappa shape index (κ1) is 27.0. The second kappa shape index (κ2) is 11.2. The van der Waals surface area contributed by atoms with Crippen molar-refractivity contribution in [1.29, 1.82) is 0 Å². The molecule has 47 heavy (non-hydrogen) atoms. The number of rotatable bonds is 5. The third kappa shape index (κ3) is 4.84. The summed E-state index contributed by atoms with van der Waals surface area (Å²) in [4.78, 5) is 15.2. The zero-order chi connectivity index (χ0) is 31.2. The van der Waals surface area contributed by atoms with Gasteiger partial charge in [0.05, 0.1) is 22.3 Å². The van der Waals surface area contributed by atoms with Crippen LogP contribution in [0, 0.1) is 0 Å². The van der Waals surface area contributed by atoms with Crippen LogP contribution in [0.25, 0.3) is 89.1 Å². The lowest BCUT2D eigenvalue weighted by atomic mass is 9.95. The molecule has 3 aromatic heterocycles. The van der Waals surface area contributed by atoms with Crippen molar-refractivity contribution in [2.24, 2.45) is 0 Å². The van der Waals surface area contributed by atoms with Gasteiger partial charge in [-0.3, -0.25) is 0 Å². The van der Waals surface area contributed by atoms with Crippen molar-refractivity contribution in [2.45, 2.75) is 0 Å². The predicted molar refractivity (Wildman–Crippen MR) is 192 cm³/mol. The van der Waals surface area contributed by atoms with Crippen LogP contribution < -0.4 is 0 Å². The molecule has 0 radical (unpaired) electrons. The molecule has 0 aliphatic heterocycles. The molecule has 0 spiro atoms. The van der Waals surface area contributed by atoms with E-state index in [0.717, 1.165) is 72.0 Å². The number of benzene rings is 6. The van der Waals surface area contributed by atoms with E-state index in [-0.39, 0.29) is 0 Å². The molecule has 0 bridgehead atoms. The molecule has 9 rings (SSSR count). The predicted octanol–water partition coefficient (Wildman–Crippen LogP) is 11.3. The van der Waals surface area contributed by atoms with E-state index < -0.39 is 0 Å². The number of furan rings is 1. The topological polar surface area (TPSA) is 51.8 Å². The van der Waals surface area contributed by atoms with Gasteiger partial charge in [-0.05, 0) is 47.0 Å². The normalized spacial score (nSPS) is 11.4. The molecule has 4 heteroatoms. The van der Waals surface area contributed by atoms with Crippen molar-refractivity contribution in [3.63, 3.8) is 0 Å². The van der Waals surface area contributed by atoms with Crippen LogP contribution in [0.5, 0.6) is 0 Å². The molecule has 4 nitrogen and oxygen atoms in total. The van der Waals surface area contributed by atoms with E-state index in [0.29, 0.717) is 11.5 Å². The lowest BCUT2D eigenvalue weighted by Crippen LogP contribution is -1.96. The molecule has 0 saturated carbocycles. The SMILES string of the molecule is c1ccc(-c2cccc(-c3cc(-c4ccccc4)nc(-c4cccc(-c5c6ccccc6nc6oc7ccccc7c56)c4)n3)c2)cc1. The van der Waals surface area contributed by atoms with Gasteiger partial charge in [-0.1, -0.05) is 133 Å². The highest BCUT2D eigenvalue weighted by atomic mass is 16.3. The molecular formula is C43H27N3O. The highest BCUT2D eigenvalue weighted by Gasteiger charge is 2.19. The molecular weight excluding hydrogens is 574 g/mol. The fourth-order valence-corrected chi connectivity index (χ4v) is 6.46. The molecule has 220 valence electrons. The van der Waals surface area contributed by atoms with Gasteiger partial charge in [0.25, 0.3) is 0 Å². The molecule has 0 unspecified atom stereocenters. The third-order valence-electron chi connectivity index (χ3n) is 8.69. The zero-order valence-corrected chi connectivity index (χ0v) is 25.3. The molecule has 0 aliphatic carbocycles. The number of hydrogen-bond acceptors (Lipinski definition) is 4. The maximum Gasteiger partial charge on any atom is 0.228 e. The van der Waals surface area contributed by atoms with Crippen LogP contribution in [-0.4, -0.2) is 15.0 Å². The van der Waals surface area contributed by atoms with Crippen LogP contribution in [0.2, 0.25) is 0 Å². The quantitative estimate of drug-likeness (QED) is 0.197. The Morgan fingerprint density at radius 3 is 1.77 bits per heavy atom. The lowest BCUT2D eigenvalue weighted by molar-refractivity contribution is 0.656. The number of fused-ring (bicyclic) bond motifs is 4. The van der Waals surface area contributed by atoms with E-state index in [4.69, 9.17) is 19.4 Å². The van der Waals surface area contributed by atoms with Gasteiger partial charge in [0.2, 0.25) is 5.71 Å². The summed E-state index contributed by atoms with van der Waals surface area (Å²) in [6, 6.07) is 56.3. The Balaban J connectivity index is 1.25. The van der Waals surface area contributed by atoms with Crippen LogP contribution in [0.15, 0.2) is 168 Å². The number of para-hydroxylation sites is 2. The minimum atomic E-state index is 0.633. The van der Waals surface area contributed by atoms with Crippen molar-refractivity contribution >= 4 is 33.0 Å². The average molecular weight is 602 g/mol. The van der Waals surface area contributed by atoms with Crippen molar-refractivity contribution in [3.05, 3.63) is 164 Å². The van der Waals surface area contributed by atoms with E-state index in [2.05, 4.69) is 109 Å². The molecule has 0 N–H and O–H groups in total. The van der Waals surface area contributed by atoms with Gasteiger partial charge in [-0.25, -0.2) is 15.0 Å². The van der Waals surface area contributed by atoms with E-state index in [1.54, 1.807) is 0 Å². The van der Waals surface area contributed by atoms with Crippen LogP contribution in [0.1, 0.15) is 0 Å². The molecule has 0 aliphatic rings. The van der Waals surface area contributed by atoms with E-state index in [1.165, 1.54) is 5.56 Å². The van der Waals surface area contributed by atoms with Crippen LogP contribution in [0.3, 0.4) is 0 Å². The maximum absolute atomic E-state index is 6.27. The van der Waals surface area contributed by atoms with Gasteiger partial charge in [-0.2, -0.15) is 0 Å². The Hall–Kier alpha value is -6.39. The van der Waals surface area contributed by atoms with E-state index >= 15 is 0 Å². The van der Waals surface area contributed by atoms with Crippen LogP contribution in [0.4, 0.5) is 0 Å². The van der Waals surface area contributed by atoms with Gasteiger partial charge in [0.1, 0.15) is 5.58 Å². The summed E-state index contributed by atoms with van der Waals surface area (Å²) in [7, 11) is 0. The summed E-state index contributed by atoms with van der Waals surface area (Å²) in [5.41, 5.74) is 11.6. The molecule has 0 fully saturated rings. The monoisotopic (exact) mass is 601 g/mol. The summed E-state index contributed by atoms with van der Waals surface area (Å²) in [6.45, 7) is 0. The number of nitrogens with zero attached hydrogens (tertiary/aromatic N) is 3. The summed E-state index contributed by atoms with van der Waals surface area (Å²) in [6.07, 6.45) is 0. The second-order valence-electron chi connectivity index (χ2n) is 11.6. The van der Waals surface area contributed by atoms with Crippen LogP contribution >= 0.6 is 0 Å². The smallest absolute Gasteiger partial charge is 0.228 e. The number of hydrogen-bond donors (Lipinski definition) is 0. The summed E-state index contributed by atoms with van der Waals surface area (Å²) >= 11 is 0. The largest absolute Gasteiger partial charge is 0.438 e. The van der Waals surface area contributed by atoms with Gasteiger partial charge in [-0.15, -0.1) is 0 Å². The molecule has 9 aromatic rings. The molecule has 0 amide bonds. The Bertz CT molecular complexity index is 2570. The number of pyridine rings is 1. The molecule has 0 saturated heterocycles.